The molecule has 0 aromatic rings. The third-order valence-corrected chi connectivity index (χ3v) is 16.0. The molecule has 1 spiro atoms. The number of hydrogen-bond acceptors (Lipinski definition) is 13. The Hall–Kier alpha value is -1.52. The fourth-order valence-corrected chi connectivity index (χ4v) is 12.4. The van der Waals surface area contributed by atoms with Gasteiger partial charge in [-0.1, -0.05) is 26.8 Å². The van der Waals surface area contributed by atoms with E-state index in [1.54, 1.807) is 6.92 Å². The van der Waals surface area contributed by atoms with E-state index in [-0.39, 0.29) is 41.3 Å². The Labute approximate surface area is 299 Å². The highest BCUT2D eigenvalue weighted by Crippen LogP contribution is 2.81. The molecule has 0 aromatic heterocycles. The van der Waals surface area contributed by atoms with Crippen molar-refractivity contribution in [1.82, 2.24) is 0 Å². The van der Waals surface area contributed by atoms with Crippen molar-refractivity contribution in [2.24, 2.45) is 45.8 Å². The largest absolute Gasteiger partial charge is 0.460 e. The molecule has 5 saturated carbocycles. The van der Waals surface area contributed by atoms with E-state index in [0.717, 1.165) is 19.3 Å². The molecule has 7 aliphatic rings. The van der Waals surface area contributed by atoms with Crippen molar-refractivity contribution in [2.75, 3.05) is 6.61 Å². The van der Waals surface area contributed by atoms with Crippen LogP contribution in [-0.2, 0) is 28.5 Å². The zero-order valence-corrected chi connectivity index (χ0v) is 30.6. The lowest BCUT2D eigenvalue weighted by atomic mass is 9.44. The van der Waals surface area contributed by atoms with Crippen molar-refractivity contribution in [3.05, 3.63) is 12.2 Å². The van der Waals surface area contributed by atoms with Crippen LogP contribution in [0.3, 0.4) is 0 Å². The lowest BCUT2D eigenvalue weighted by Gasteiger charge is -2.61. The number of aliphatic hydroxyl groups is 7. The first-order chi connectivity index (χ1) is 23.7. The summed E-state index contributed by atoms with van der Waals surface area (Å²) in [7, 11) is 0. The summed E-state index contributed by atoms with van der Waals surface area (Å²) in [4.78, 5) is 25.4. The van der Waals surface area contributed by atoms with E-state index in [1.165, 1.54) is 26.0 Å². The first-order valence-electron chi connectivity index (χ1n) is 18.9. The molecule has 5 aliphatic carbocycles. The lowest BCUT2D eigenvalue weighted by Crippen LogP contribution is -2.69. The summed E-state index contributed by atoms with van der Waals surface area (Å²) in [6.45, 7) is 10.0. The van der Waals surface area contributed by atoms with Crippen LogP contribution >= 0.6 is 0 Å². The van der Waals surface area contributed by atoms with Gasteiger partial charge in [-0.05, 0) is 88.4 Å². The van der Waals surface area contributed by atoms with Crippen LogP contribution in [0.4, 0.5) is 0 Å². The number of carbonyl (C=O) groups is 2. The summed E-state index contributed by atoms with van der Waals surface area (Å²) in [6.07, 6.45) is -3.78. The van der Waals surface area contributed by atoms with Crippen LogP contribution in [0.1, 0.15) is 92.9 Å². The second-order valence-electron chi connectivity index (χ2n) is 18.0. The minimum Gasteiger partial charge on any atom is -0.460 e. The van der Waals surface area contributed by atoms with Gasteiger partial charge < -0.3 is 54.7 Å². The Morgan fingerprint density at radius 1 is 0.961 bits per heavy atom. The fraction of sp³-hybridized carbons (Fsp3) is 0.895. The number of rotatable bonds is 7. The van der Waals surface area contributed by atoms with Crippen molar-refractivity contribution < 1.29 is 64.3 Å². The summed E-state index contributed by atoms with van der Waals surface area (Å²) in [5.41, 5.74) is -6.54. The van der Waals surface area contributed by atoms with E-state index >= 15 is 0 Å². The molecular formula is C38H58O13. The van der Waals surface area contributed by atoms with Gasteiger partial charge in [0, 0.05) is 35.7 Å². The summed E-state index contributed by atoms with van der Waals surface area (Å²) in [5, 5.41) is 79.7. The second kappa shape index (κ2) is 12.2. The average molecular weight is 723 g/mol. The molecule has 19 atom stereocenters. The number of Topliss-reactive ketones (excluding diaryl/α,β-unsaturated/α-hetero) is 1. The van der Waals surface area contributed by atoms with Gasteiger partial charge in [0.15, 0.2) is 12.6 Å². The minimum absolute atomic E-state index is 0.0513. The van der Waals surface area contributed by atoms with E-state index in [2.05, 4.69) is 13.8 Å². The number of allylic oxidation sites excluding steroid dienone is 1. The predicted octanol–water partition coefficient (Wildman–Crippen LogP) is 1.11. The predicted molar refractivity (Wildman–Crippen MR) is 178 cm³/mol. The topological polar surface area (TPSA) is 213 Å². The normalized spacial score (nSPS) is 56.9. The monoisotopic (exact) mass is 722 g/mol. The molecule has 7 N–H and O–H groups in total. The standard InChI is InChI=1S/C38H58O13/c1-7-8-27(41)48-17-24-28(42)29(43)30(44)31(49-24)51-32-36(6,46)34(4,45)16-23(50-32)18(2)38(47)12-10-21-20-14-26(40)37-15-19(37)13-25(39)35(37,5)22(20)9-11-33(21,38)3/h7-8,18-24,26,28-32,40,42-47H,9-17H2,1-6H3/b8-7+/t18-,19-,20+,21+,22+,23-,24-,26-,28-,29+,30-,31+,32+,33+,34-,35+,36-,37+,38+/m1/s1. The number of aliphatic hydroxyl groups excluding tert-OH is 4. The van der Waals surface area contributed by atoms with E-state index in [1.807, 2.05) is 6.92 Å². The highest BCUT2D eigenvalue weighted by molar-refractivity contribution is 5.91. The van der Waals surface area contributed by atoms with Crippen LogP contribution in [0.15, 0.2) is 12.2 Å². The number of esters is 1. The van der Waals surface area contributed by atoms with Gasteiger partial charge in [-0.25, -0.2) is 4.79 Å². The summed E-state index contributed by atoms with van der Waals surface area (Å²) < 4.78 is 23.2. The third kappa shape index (κ3) is 5.09. The van der Waals surface area contributed by atoms with Crippen LogP contribution in [0.2, 0.25) is 0 Å². The molecule has 288 valence electrons. The maximum absolute atomic E-state index is 13.5. The van der Waals surface area contributed by atoms with Gasteiger partial charge in [-0.3, -0.25) is 4.79 Å². The smallest absolute Gasteiger partial charge is 0.330 e. The van der Waals surface area contributed by atoms with Crippen LogP contribution in [-0.4, -0.2) is 120 Å². The van der Waals surface area contributed by atoms with Crippen molar-refractivity contribution in [3.8, 4) is 0 Å². The Morgan fingerprint density at radius 2 is 1.65 bits per heavy atom. The maximum Gasteiger partial charge on any atom is 0.330 e. The first kappa shape index (κ1) is 37.8. The molecular weight excluding hydrogens is 664 g/mol. The molecule has 0 amide bonds. The van der Waals surface area contributed by atoms with Gasteiger partial charge in [0.25, 0.3) is 0 Å². The van der Waals surface area contributed by atoms with Gasteiger partial charge >= 0.3 is 5.97 Å². The highest BCUT2D eigenvalue weighted by Gasteiger charge is 2.81. The Bertz CT molecular complexity index is 1430. The lowest BCUT2D eigenvalue weighted by molar-refractivity contribution is -0.400. The summed E-state index contributed by atoms with van der Waals surface area (Å²) >= 11 is 0. The minimum atomic E-state index is -2.05. The zero-order chi connectivity index (χ0) is 37.3. The van der Waals surface area contributed by atoms with Crippen molar-refractivity contribution >= 4 is 11.8 Å². The van der Waals surface area contributed by atoms with E-state index in [0.29, 0.717) is 25.7 Å². The van der Waals surface area contributed by atoms with Crippen LogP contribution in [0.5, 0.6) is 0 Å². The molecule has 7 rings (SSSR count). The molecule has 0 radical (unpaired) electrons. The van der Waals surface area contributed by atoms with E-state index in [4.69, 9.17) is 18.9 Å². The number of ketones is 1. The molecule has 51 heavy (non-hydrogen) atoms. The molecule has 7 fully saturated rings. The average Bonchev–Trinajstić information content (AvgIpc) is 3.65. The first-order valence-corrected chi connectivity index (χ1v) is 18.9. The highest BCUT2D eigenvalue weighted by atomic mass is 16.8. The van der Waals surface area contributed by atoms with Gasteiger partial charge in [0.1, 0.15) is 42.4 Å². The zero-order valence-electron chi connectivity index (χ0n) is 30.6. The van der Waals surface area contributed by atoms with Crippen molar-refractivity contribution in [1.29, 1.82) is 0 Å². The van der Waals surface area contributed by atoms with E-state index in [9.17, 15) is 45.3 Å². The molecule has 2 aliphatic heterocycles. The molecule has 2 saturated heterocycles. The van der Waals surface area contributed by atoms with Gasteiger partial charge in [-0.15, -0.1) is 0 Å². The Kier molecular flexibility index (Phi) is 9.07. The van der Waals surface area contributed by atoms with Crippen molar-refractivity contribution in [3.63, 3.8) is 0 Å². The fourth-order valence-electron chi connectivity index (χ4n) is 12.4. The van der Waals surface area contributed by atoms with Gasteiger partial charge in [0.2, 0.25) is 0 Å². The quantitative estimate of drug-likeness (QED) is 0.145. The number of carbonyl (C=O) groups excluding carboxylic acids is 2. The molecule has 0 bridgehead atoms. The van der Waals surface area contributed by atoms with Gasteiger partial charge in [-0.2, -0.15) is 0 Å². The SMILES string of the molecule is C/C=C/C(=O)OC[C@H]1O[C@@H](O[C@@H]2O[C@@H]([C@@H](C)[C@@]3(O)CC[C@H]4[C@@H]5C[C@@H](O)[C@]67C[C@H]6CC(=O)[C@]7(C)[C@H]5CC[C@@]43C)C[C@@](C)(O)[C@]2(C)O)[C@H](O)[C@@H](O)[C@@H]1O. The number of ether oxygens (including phenoxy) is 4. The number of fused-ring (bicyclic) bond motifs is 4. The molecule has 0 unspecified atom stereocenters. The summed E-state index contributed by atoms with van der Waals surface area (Å²) in [6, 6.07) is 0. The van der Waals surface area contributed by atoms with Crippen LogP contribution in [0, 0.1) is 45.8 Å². The molecule has 13 heteroatoms. The van der Waals surface area contributed by atoms with E-state index < -0.39 is 95.3 Å². The van der Waals surface area contributed by atoms with Crippen molar-refractivity contribution in [2.45, 2.75) is 159 Å². The molecule has 0 aromatic carbocycles. The second-order valence-corrected chi connectivity index (χ2v) is 18.0. The Morgan fingerprint density at radius 3 is 2.33 bits per heavy atom. The molecule has 13 nitrogen and oxygen atoms in total. The van der Waals surface area contributed by atoms with Crippen LogP contribution in [0.25, 0.3) is 0 Å². The van der Waals surface area contributed by atoms with Gasteiger partial charge in [0.05, 0.1) is 23.4 Å². The maximum atomic E-state index is 13.5. The summed E-state index contributed by atoms with van der Waals surface area (Å²) in [5.74, 6) is -0.404. The van der Waals surface area contributed by atoms with Crippen LogP contribution < -0.4 is 0 Å². The third-order valence-electron chi connectivity index (χ3n) is 16.0. The molecule has 2 heterocycles. The number of hydrogen-bond donors (Lipinski definition) is 7. The Balaban J connectivity index is 1.10.